The number of halogens is 3. The Hall–Kier alpha value is -1.51. The Morgan fingerprint density at radius 2 is 1.90 bits per heavy atom. The highest BCUT2D eigenvalue weighted by molar-refractivity contribution is 5.80. The van der Waals surface area contributed by atoms with Crippen molar-refractivity contribution in [3.63, 3.8) is 0 Å². The fraction of sp³-hybridized carbons (Fsp3) is 0.818. The van der Waals surface area contributed by atoms with Gasteiger partial charge in [-0.1, -0.05) is 0 Å². The van der Waals surface area contributed by atoms with Gasteiger partial charge in [-0.25, -0.2) is 4.79 Å². The van der Waals surface area contributed by atoms with Crippen LogP contribution in [0.4, 0.5) is 18.0 Å². The molecule has 0 spiro atoms. The number of aliphatic carboxylic acids is 1. The number of carbonyl (C=O) groups excluding carboxylic acids is 1. The Morgan fingerprint density at radius 3 is 2.35 bits per heavy atom. The largest absolute Gasteiger partial charge is 0.480 e. The molecule has 1 aliphatic heterocycles. The van der Waals surface area contributed by atoms with Gasteiger partial charge in [-0.05, 0) is 19.8 Å². The summed E-state index contributed by atoms with van der Waals surface area (Å²) in [5, 5.41) is 11.1. The maximum absolute atomic E-state index is 12.4. The average Bonchev–Trinajstić information content (AvgIpc) is 2.25. The van der Waals surface area contributed by atoms with Crippen LogP contribution in [0.2, 0.25) is 0 Å². The van der Waals surface area contributed by atoms with E-state index in [0.29, 0.717) is 26.1 Å². The van der Waals surface area contributed by atoms with Crippen molar-refractivity contribution in [1.82, 2.24) is 10.2 Å². The third-order valence-corrected chi connectivity index (χ3v) is 2.99. The molecule has 1 heterocycles. The summed E-state index contributed by atoms with van der Waals surface area (Å²) in [6, 6.07) is -1.03. The van der Waals surface area contributed by atoms with E-state index in [-0.39, 0.29) is 4.90 Å². The topological polar surface area (TPSA) is 78.9 Å². The zero-order valence-electron chi connectivity index (χ0n) is 11.0. The molecular weight excluding hydrogens is 281 g/mol. The van der Waals surface area contributed by atoms with Crippen LogP contribution >= 0.6 is 0 Å². The highest BCUT2D eigenvalue weighted by Gasteiger charge is 2.36. The number of amides is 2. The van der Waals surface area contributed by atoms with Crippen LogP contribution in [0, 0.1) is 0 Å². The molecule has 20 heavy (non-hydrogen) atoms. The predicted octanol–water partition coefficient (Wildman–Crippen LogP) is 1.21. The van der Waals surface area contributed by atoms with E-state index in [1.54, 1.807) is 6.92 Å². The molecule has 2 amide bonds. The van der Waals surface area contributed by atoms with E-state index in [4.69, 9.17) is 9.84 Å². The minimum absolute atomic E-state index is 0.239. The second-order valence-electron chi connectivity index (χ2n) is 4.97. The van der Waals surface area contributed by atoms with Gasteiger partial charge in [-0.2, -0.15) is 13.2 Å². The molecule has 0 atom stereocenters. The van der Waals surface area contributed by atoms with Gasteiger partial charge in [0, 0.05) is 18.8 Å². The minimum Gasteiger partial charge on any atom is -0.480 e. The number of alkyl halides is 3. The van der Waals surface area contributed by atoms with Crippen molar-refractivity contribution in [3.8, 4) is 0 Å². The first-order valence-electron chi connectivity index (χ1n) is 6.05. The van der Waals surface area contributed by atoms with E-state index in [9.17, 15) is 22.8 Å². The number of hydrogen-bond donors (Lipinski definition) is 2. The van der Waals surface area contributed by atoms with Crippen molar-refractivity contribution in [2.75, 3.05) is 26.3 Å². The first-order chi connectivity index (χ1) is 9.11. The zero-order valence-corrected chi connectivity index (χ0v) is 11.0. The van der Waals surface area contributed by atoms with Gasteiger partial charge in [-0.15, -0.1) is 0 Å². The van der Waals surface area contributed by atoms with Crippen molar-refractivity contribution >= 4 is 12.0 Å². The number of rotatable bonds is 4. The molecule has 1 fully saturated rings. The molecule has 1 aliphatic rings. The van der Waals surface area contributed by atoms with E-state index in [1.807, 2.05) is 0 Å². The molecule has 6 nitrogen and oxygen atoms in total. The fourth-order valence-corrected chi connectivity index (χ4v) is 1.86. The van der Waals surface area contributed by atoms with Crippen LogP contribution in [0.3, 0.4) is 0 Å². The second kappa shape index (κ2) is 6.29. The molecule has 0 aliphatic carbocycles. The molecule has 9 heteroatoms. The summed E-state index contributed by atoms with van der Waals surface area (Å²) >= 11 is 0. The first kappa shape index (κ1) is 16.5. The Labute approximate surface area is 113 Å². The maximum atomic E-state index is 12.4. The van der Waals surface area contributed by atoms with E-state index in [2.05, 4.69) is 5.32 Å². The van der Waals surface area contributed by atoms with Crippen LogP contribution in [-0.4, -0.2) is 60.0 Å². The number of urea groups is 1. The molecule has 1 rings (SSSR count). The van der Waals surface area contributed by atoms with Gasteiger partial charge in [0.2, 0.25) is 0 Å². The molecule has 0 saturated carbocycles. The Balaban J connectivity index is 2.69. The lowest BCUT2D eigenvalue weighted by atomic mass is 9.93. The molecule has 2 N–H and O–H groups in total. The van der Waals surface area contributed by atoms with Crippen LogP contribution in [0.1, 0.15) is 19.8 Å². The maximum Gasteiger partial charge on any atom is 0.406 e. The van der Waals surface area contributed by atoms with Crippen molar-refractivity contribution < 1.29 is 32.6 Å². The van der Waals surface area contributed by atoms with Crippen LogP contribution in [0.25, 0.3) is 0 Å². The Bertz CT molecular complexity index is 367. The predicted molar refractivity (Wildman–Crippen MR) is 62.3 cm³/mol. The zero-order chi connectivity index (χ0) is 15.4. The first-order valence-corrected chi connectivity index (χ1v) is 6.05. The summed E-state index contributed by atoms with van der Waals surface area (Å²) in [5.41, 5.74) is -0.683. The molecule has 116 valence electrons. The molecule has 0 aromatic heterocycles. The lowest BCUT2D eigenvalue weighted by Crippen LogP contribution is -2.56. The van der Waals surface area contributed by atoms with E-state index < -0.39 is 36.8 Å². The highest BCUT2D eigenvalue weighted by Crippen LogP contribution is 2.21. The number of nitrogens with one attached hydrogen (secondary N) is 1. The molecular formula is C11H17F3N2O4. The lowest BCUT2D eigenvalue weighted by molar-refractivity contribution is -0.149. The third kappa shape index (κ3) is 5.64. The monoisotopic (exact) mass is 298 g/mol. The van der Waals surface area contributed by atoms with Gasteiger partial charge in [0.25, 0.3) is 0 Å². The van der Waals surface area contributed by atoms with Gasteiger partial charge in [0.1, 0.15) is 13.1 Å². The second-order valence-corrected chi connectivity index (χ2v) is 4.97. The number of carboxylic acids is 1. The fourth-order valence-electron chi connectivity index (χ4n) is 1.86. The summed E-state index contributed by atoms with van der Waals surface area (Å²) in [7, 11) is 0. The van der Waals surface area contributed by atoms with Gasteiger partial charge in [-0.3, -0.25) is 4.79 Å². The van der Waals surface area contributed by atoms with Gasteiger partial charge < -0.3 is 20.1 Å². The highest BCUT2D eigenvalue weighted by atomic mass is 19.4. The van der Waals surface area contributed by atoms with Crippen molar-refractivity contribution in [2.45, 2.75) is 31.5 Å². The van der Waals surface area contributed by atoms with Gasteiger partial charge >= 0.3 is 18.2 Å². The Kier molecular flexibility index (Phi) is 5.21. The number of carbonyl (C=O) groups is 2. The van der Waals surface area contributed by atoms with Crippen LogP contribution in [0.15, 0.2) is 0 Å². The normalized spacial score (nSPS) is 18.4. The SMILES string of the molecule is CC1(NC(=O)N(CC(=O)O)CC(F)(F)F)CCOCC1. The van der Waals surface area contributed by atoms with Crippen LogP contribution in [-0.2, 0) is 9.53 Å². The van der Waals surface area contributed by atoms with Crippen molar-refractivity contribution in [2.24, 2.45) is 0 Å². The van der Waals surface area contributed by atoms with E-state index in [0.717, 1.165) is 0 Å². The molecule has 0 aromatic carbocycles. The summed E-state index contributed by atoms with van der Waals surface area (Å²) in [6.07, 6.45) is -3.72. The molecule has 0 radical (unpaired) electrons. The molecule has 0 unspecified atom stereocenters. The van der Waals surface area contributed by atoms with Crippen LogP contribution in [0.5, 0.6) is 0 Å². The van der Waals surface area contributed by atoms with Crippen molar-refractivity contribution in [3.05, 3.63) is 0 Å². The number of nitrogens with zero attached hydrogens (tertiary/aromatic N) is 1. The molecule has 0 aromatic rings. The quantitative estimate of drug-likeness (QED) is 0.818. The number of carboxylic acid groups (broad SMARTS) is 1. The average molecular weight is 298 g/mol. The summed E-state index contributed by atoms with van der Waals surface area (Å²) in [4.78, 5) is 22.6. The van der Waals surface area contributed by atoms with Crippen LogP contribution < -0.4 is 5.32 Å². The standard InChI is InChI=1S/C11H17F3N2O4/c1-10(2-4-20-5-3-10)15-9(19)16(6-8(17)18)7-11(12,13)14/h2-7H2,1H3,(H,15,19)(H,17,18). The summed E-state index contributed by atoms with van der Waals surface area (Å²) in [5.74, 6) is -1.50. The van der Waals surface area contributed by atoms with Crippen molar-refractivity contribution in [1.29, 1.82) is 0 Å². The van der Waals surface area contributed by atoms with E-state index in [1.165, 1.54) is 0 Å². The molecule has 1 saturated heterocycles. The summed E-state index contributed by atoms with van der Waals surface area (Å²) < 4.78 is 42.2. The van der Waals surface area contributed by atoms with Gasteiger partial charge in [0.15, 0.2) is 0 Å². The number of ether oxygens (including phenoxy) is 1. The number of hydrogen-bond acceptors (Lipinski definition) is 3. The van der Waals surface area contributed by atoms with E-state index >= 15 is 0 Å². The Morgan fingerprint density at radius 1 is 1.35 bits per heavy atom. The summed E-state index contributed by atoms with van der Waals surface area (Å²) in [6.45, 7) is -0.112. The lowest BCUT2D eigenvalue weighted by Gasteiger charge is -2.36. The van der Waals surface area contributed by atoms with Gasteiger partial charge in [0.05, 0.1) is 0 Å². The molecule has 0 bridgehead atoms. The third-order valence-electron chi connectivity index (χ3n) is 2.99. The minimum atomic E-state index is -4.65. The smallest absolute Gasteiger partial charge is 0.406 e.